The largest absolute Gasteiger partial charge is 0.375 e. The number of piperazine rings is 1. The summed E-state index contributed by atoms with van der Waals surface area (Å²) in [6.07, 6.45) is 9.91. The molecule has 3 saturated heterocycles. The fraction of sp³-hybridized carbons (Fsp3) is 0.560. The molecule has 1 atom stereocenters. The second-order valence-electron chi connectivity index (χ2n) is 9.31. The van der Waals surface area contributed by atoms with Gasteiger partial charge in [-0.15, -0.1) is 0 Å². The molecule has 3 aliphatic rings. The number of rotatable bonds is 4. The van der Waals surface area contributed by atoms with Crippen LogP contribution in [-0.2, 0) is 16.0 Å². The minimum atomic E-state index is -0.0634. The average molecular weight is 436 g/mol. The summed E-state index contributed by atoms with van der Waals surface area (Å²) < 4.78 is 6.37. The second-order valence-corrected chi connectivity index (χ2v) is 9.31. The van der Waals surface area contributed by atoms with Crippen molar-refractivity contribution in [1.82, 2.24) is 19.8 Å². The van der Waals surface area contributed by atoms with Crippen LogP contribution >= 0.6 is 0 Å². The molecule has 32 heavy (non-hydrogen) atoms. The van der Waals surface area contributed by atoms with E-state index in [4.69, 9.17) is 4.74 Å². The third kappa shape index (κ3) is 4.79. The highest BCUT2D eigenvalue weighted by atomic mass is 16.5. The lowest BCUT2D eigenvalue weighted by atomic mass is 9.81. The Balaban J connectivity index is 1.12. The zero-order valence-electron chi connectivity index (χ0n) is 18.7. The summed E-state index contributed by atoms with van der Waals surface area (Å²) in [4.78, 5) is 28.4. The van der Waals surface area contributed by atoms with Gasteiger partial charge in [0.1, 0.15) is 5.82 Å². The lowest BCUT2D eigenvalue weighted by Crippen LogP contribution is -2.57. The number of hydrogen-bond donors (Lipinski definition) is 0. The van der Waals surface area contributed by atoms with E-state index >= 15 is 0 Å². The van der Waals surface area contributed by atoms with Crippen molar-refractivity contribution in [1.29, 1.82) is 0 Å². The van der Waals surface area contributed by atoms with Crippen LogP contribution in [-0.4, -0.2) is 83.2 Å². The minimum Gasteiger partial charge on any atom is -0.375 e. The van der Waals surface area contributed by atoms with Gasteiger partial charge in [-0.25, -0.2) is 4.98 Å². The Labute approximate surface area is 190 Å². The van der Waals surface area contributed by atoms with Crippen LogP contribution in [0.15, 0.2) is 48.9 Å². The van der Waals surface area contributed by atoms with Crippen molar-refractivity contribution in [3.63, 3.8) is 0 Å². The minimum absolute atomic E-state index is 0.0634. The molecular weight excluding hydrogens is 402 g/mol. The van der Waals surface area contributed by atoms with Crippen molar-refractivity contribution in [2.75, 3.05) is 50.8 Å². The second kappa shape index (κ2) is 9.55. The van der Waals surface area contributed by atoms with Gasteiger partial charge in [-0.3, -0.25) is 14.7 Å². The van der Waals surface area contributed by atoms with E-state index < -0.39 is 0 Å². The molecule has 5 heterocycles. The molecule has 1 spiro atoms. The Morgan fingerprint density at radius 1 is 1.03 bits per heavy atom. The summed E-state index contributed by atoms with van der Waals surface area (Å²) in [6.45, 7) is 6.61. The Morgan fingerprint density at radius 3 is 2.59 bits per heavy atom. The van der Waals surface area contributed by atoms with Gasteiger partial charge in [0.2, 0.25) is 5.91 Å². The number of carbonyl (C=O) groups excluding carboxylic acids is 1. The van der Waals surface area contributed by atoms with Crippen LogP contribution in [0.1, 0.15) is 31.2 Å². The molecular formula is C25H33N5O2. The highest BCUT2D eigenvalue weighted by molar-refractivity contribution is 5.78. The molecule has 0 N–H and O–H groups in total. The monoisotopic (exact) mass is 435 g/mol. The molecule has 7 nitrogen and oxygen atoms in total. The van der Waals surface area contributed by atoms with Gasteiger partial charge in [-0.2, -0.15) is 0 Å². The molecule has 2 aromatic rings. The van der Waals surface area contributed by atoms with Crippen LogP contribution in [0.5, 0.6) is 0 Å². The predicted octanol–water partition coefficient (Wildman–Crippen LogP) is 2.38. The number of pyridine rings is 2. The Bertz CT molecular complexity index is 878. The van der Waals surface area contributed by atoms with Crippen molar-refractivity contribution in [2.45, 2.75) is 43.7 Å². The molecule has 0 bridgehead atoms. The Hall–Kier alpha value is -2.51. The normalized spacial score (nSPS) is 23.9. The number of anilines is 1. The van der Waals surface area contributed by atoms with E-state index in [0.717, 1.165) is 82.9 Å². The van der Waals surface area contributed by atoms with E-state index in [1.165, 1.54) is 0 Å². The van der Waals surface area contributed by atoms with Crippen LogP contribution in [0.3, 0.4) is 0 Å². The van der Waals surface area contributed by atoms with E-state index in [0.29, 0.717) is 12.5 Å². The van der Waals surface area contributed by atoms with Gasteiger partial charge in [-0.1, -0.05) is 12.1 Å². The predicted molar refractivity (Wildman–Crippen MR) is 123 cm³/mol. The number of amides is 1. The Morgan fingerprint density at radius 2 is 1.88 bits per heavy atom. The van der Waals surface area contributed by atoms with E-state index in [1.54, 1.807) is 12.4 Å². The maximum Gasteiger partial charge on any atom is 0.227 e. The number of carbonyl (C=O) groups is 1. The number of nitrogens with zero attached hydrogens (tertiary/aromatic N) is 5. The lowest BCUT2D eigenvalue weighted by Gasteiger charge is -2.49. The smallest absolute Gasteiger partial charge is 0.227 e. The molecule has 0 radical (unpaired) electrons. The molecule has 2 aromatic heterocycles. The zero-order valence-corrected chi connectivity index (χ0v) is 18.7. The maximum atomic E-state index is 12.7. The van der Waals surface area contributed by atoms with Gasteiger partial charge in [-0.05, 0) is 49.4 Å². The fourth-order valence-electron chi connectivity index (χ4n) is 5.47. The number of piperidine rings is 1. The highest BCUT2D eigenvalue weighted by Crippen LogP contribution is 2.37. The maximum absolute atomic E-state index is 12.7. The first-order valence-electron chi connectivity index (χ1n) is 11.9. The standard InChI is InChI=1S/C25H33N5O2/c31-24(18-21-4-3-9-26-20-21)30-11-7-25(8-12-30)19-22(6-17-32-25)28-13-15-29(16-14-28)23-5-1-2-10-27-23/h1-5,9-10,20,22H,6-8,11-19H2. The van der Waals surface area contributed by atoms with Gasteiger partial charge in [0.15, 0.2) is 0 Å². The fourth-order valence-corrected chi connectivity index (χ4v) is 5.47. The number of likely N-dealkylation sites (tertiary alicyclic amines) is 1. The lowest BCUT2D eigenvalue weighted by molar-refractivity contribution is -0.148. The van der Waals surface area contributed by atoms with Crippen LogP contribution in [0.4, 0.5) is 5.82 Å². The van der Waals surface area contributed by atoms with Crippen LogP contribution in [0, 0.1) is 0 Å². The van der Waals surface area contributed by atoms with E-state index in [1.807, 2.05) is 29.3 Å². The summed E-state index contributed by atoms with van der Waals surface area (Å²) in [5.41, 5.74) is 0.920. The van der Waals surface area contributed by atoms with Crippen molar-refractivity contribution in [2.24, 2.45) is 0 Å². The molecule has 0 saturated carbocycles. The molecule has 170 valence electrons. The van der Waals surface area contributed by atoms with Crippen molar-refractivity contribution in [3.8, 4) is 0 Å². The number of ether oxygens (including phenoxy) is 1. The average Bonchev–Trinajstić information content (AvgIpc) is 2.86. The van der Waals surface area contributed by atoms with Gasteiger partial charge in [0, 0.05) is 70.5 Å². The van der Waals surface area contributed by atoms with Crippen LogP contribution < -0.4 is 4.90 Å². The van der Waals surface area contributed by atoms with Crippen molar-refractivity contribution >= 4 is 11.7 Å². The molecule has 3 aliphatic heterocycles. The summed E-state index contributed by atoms with van der Waals surface area (Å²) >= 11 is 0. The van der Waals surface area contributed by atoms with E-state index in [2.05, 4.69) is 31.9 Å². The quantitative estimate of drug-likeness (QED) is 0.735. The molecule has 7 heteroatoms. The molecule has 5 rings (SSSR count). The number of aromatic nitrogens is 2. The summed E-state index contributed by atoms with van der Waals surface area (Å²) in [5, 5.41) is 0. The third-order valence-electron chi connectivity index (χ3n) is 7.38. The van der Waals surface area contributed by atoms with Crippen LogP contribution in [0.25, 0.3) is 0 Å². The highest BCUT2D eigenvalue weighted by Gasteiger charge is 2.42. The first kappa shape index (κ1) is 21.3. The number of hydrogen-bond acceptors (Lipinski definition) is 6. The van der Waals surface area contributed by atoms with E-state index in [-0.39, 0.29) is 11.5 Å². The molecule has 0 aliphatic carbocycles. The molecule has 1 unspecified atom stereocenters. The first-order chi connectivity index (χ1) is 15.7. The van der Waals surface area contributed by atoms with Gasteiger partial charge in [0.25, 0.3) is 0 Å². The molecule has 1 amide bonds. The third-order valence-corrected chi connectivity index (χ3v) is 7.38. The summed E-state index contributed by atoms with van der Waals surface area (Å²) in [7, 11) is 0. The molecule has 0 aromatic carbocycles. The zero-order chi connectivity index (χ0) is 21.8. The van der Waals surface area contributed by atoms with Gasteiger partial charge in [0.05, 0.1) is 12.0 Å². The topological polar surface area (TPSA) is 61.8 Å². The molecule has 3 fully saturated rings. The van der Waals surface area contributed by atoms with Crippen molar-refractivity contribution < 1.29 is 9.53 Å². The van der Waals surface area contributed by atoms with Gasteiger partial charge >= 0.3 is 0 Å². The summed E-state index contributed by atoms with van der Waals surface area (Å²) in [6, 6.07) is 10.6. The Kier molecular flexibility index (Phi) is 6.37. The first-order valence-corrected chi connectivity index (χ1v) is 11.9. The van der Waals surface area contributed by atoms with Crippen LogP contribution in [0.2, 0.25) is 0 Å². The van der Waals surface area contributed by atoms with Crippen molar-refractivity contribution in [3.05, 3.63) is 54.5 Å². The van der Waals surface area contributed by atoms with E-state index in [9.17, 15) is 4.79 Å². The SMILES string of the molecule is O=C(Cc1cccnc1)N1CCC2(CC1)CC(N1CCN(c3ccccn3)CC1)CCO2. The van der Waals surface area contributed by atoms with Gasteiger partial charge < -0.3 is 14.5 Å². The summed E-state index contributed by atoms with van der Waals surface area (Å²) in [5.74, 6) is 1.28.